The van der Waals surface area contributed by atoms with Gasteiger partial charge in [-0.25, -0.2) is 13.1 Å². The zero-order chi connectivity index (χ0) is 21.7. The van der Waals surface area contributed by atoms with Crippen LogP contribution in [0.1, 0.15) is 24.8 Å². The zero-order valence-corrected chi connectivity index (χ0v) is 17.1. The monoisotopic (exact) mass is 438 g/mol. The molecule has 1 saturated heterocycles. The lowest BCUT2D eigenvalue weighted by atomic mass is 10.0. The van der Waals surface area contributed by atoms with Crippen LogP contribution in [0.4, 0.5) is 13.2 Å². The molecule has 1 aliphatic rings. The summed E-state index contributed by atoms with van der Waals surface area (Å²) >= 11 is 0. The normalized spacial score (nSPS) is 17.8. The van der Waals surface area contributed by atoms with Gasteiger partial charge >= 0.3 is 6.18 Å². The fraction of sp³-hybridized carbons (Fsp3) is 0.611. The summed E-state index contributed by atoms with van der Waals surface area (Å²) in [6, 6.07) is 4.22. The third-order valence-electron chi connectivity index (χ3n) is 4.40. The highest BCUT2D eigenvalue weighted by molar-refractivity contribution is 7.88. The van der Waals surface area contributed by atoms with E-state index in [0.29, 0.717) is 32.4 Å². The van der Waals surface area contributed by atoms with Gasteiger partial charge < -0.3 is 14.4 Å². The van der Waals surface area contributed by atoms with Crippen LogP contribution in [0.15, 0.2) is 18.2 Å². The highest BCUT2D eigenvalue weighted by atomic mass is 32.2. The van der Waals surface area contributed by atoms with Crippen molar-refractivity contribution in [1.29, 1.82) is 0 Å². The highest BCUT2D eigenvalue weighted by Gasteiger charge is 2.29. The zero-order valence-electron chi connectivity index (χ0n) is 16.3. The molecule has 164 valence electrons. The lowest BCUT2D eigenvalue weighted by Gasteiger charge is -2.32. The van der Waals surface area contributed by atoms with Crippen LogP contribution in [0, 0.1) is 0 Å². The Morgan fingerprint density at radius 2 is 2.03 bits per heavy atom. The number of carbonyl (C=O) groups is 1. The summed E-state index contributed by atoms with van der Waals surface area (Å²) in [5.41, 5.74) is 0.720. The van der Waals surface area contributed by atoms with Gasteiger partial charge in [-0.05, 0) is 37.0 Å². The number of nitrogens with one attached hydrogen (secondary N) is 1. The number of rotatable bonds is 8. The number of likely N-dealkylation sites (tertiary alicyclic amines) is 1. The molecule has 1 aromatic rings. The smallest absolute Gasteiger partial charge is 0.422 e. The van der Waals surface area contributed by atoms with Crippen molar-refractivity contribution >= 4 is 15.9 Å². The van der Waals surface area contributed by atoms with E-state index in [0.717, 1.165) is 11.8 Å². The number of carbonyl (C=O) groups excluding carboxylic acids is 1. The molecule has 7 nitrogen and oxygen atoms in total. The number of sulfonamides is 1. The number of aryl methyl sites for hydroxylation is 1. The maximum atomic E-state index is 12.5. The van der Waals surface area contributed by atoms with Crippen LogP contribution in [0.5, 0.6) is 11.5 Å². The quantitative estimate of drug-likeness (QED) is 0.672. The molecule has 0 radical (unpaired) electrons. The first-order valence-electron chi connectivity index (χ1n) is 9.08. The van der Waals surface area contributed by atoms with Crippen molar-refractivity contribution in [2.45, 2.75) is 37.9 Å². The van der Waals surface area contributed by atoms with Crippen molar-refractivity contribution in [1.82, 2.24) is 9.62 Å². The molecule has 11 heteroatoms. The van der Waals surface area contributed by atoms with E-state index < -0.39 is 22.8 Å². The van der Waals surface area contributed by atoms with Crippen molar-refractivity contribution in [3.63, 3.8) is 0 Å². The van der Waals surface area contributed by atoms with E-state index >= 15 is 0 Å². The lowest BCUT2D eigenvalue weighted by Crippen LogP contribution is -2.49. The predicted molar refractivity (Wildman–Crippen MR) is 100 cm³/mol. The standard InChI is InChI=1S/C18H25F3N2O5S/c1-27-16-10-13(5-7-15(16)28-12-18(19,20)21)6-8-17(24)23-9-3-4-14(11-23)22-29(2,25)26/h5,7,10,14,22H,3-4,6,8-9,11-12H2,1-2H3. The SMILES string of the molecule is COc1cc(CCC(=O)N2CCCC(NS(C)(=O)=O)C2)ccc1OCC(F)(F)F. The van der Waals surface area contributed by atoms with Gasteiger partial charge in [0, 0.05) is 25.6 Å². The number of halogens is 3. The molecule has 2 rings (SSSR count). The fourth-order valence-corrected chi connectivity index (χ4v) is 3.96. The maximum absolute atomic E-state index is 12.5. The average Bonchev–Trinajstić information content (AvgIpc) is 2.62. The number of ether oxygens (including phenoxy) is 2. The van der Waals surface area contributed by atoms with E-state index in [1.54, 1.807) is 17.0 Å². The van der Waals surface area contributed by atoms with Crippen molar-refractivity contribution < 1.29 is 35.9 Å². The van der Waals surface area contributed by atoms with E-state index in [1.165, 1.54) is 13.2 Å². The van der Waals surface area contributed by atoms with Crippen molar-refractivity contribution in [3.8, 4) is 11.5 Å². The summed E-state index contributed by atoms with van der Waals surface area (Å²) in [5, 5.41) is 0. The minimum atomic E-state index is -4.45. The second kappa shape index (κ2) is 9.66. The molecular weight excluding hydrogens is 413 g/mol. The Kier molecular flexibility index (Phi) is 7.75. The maximum Gasteiger partial charge on any atom is 0.422 e. The van der Waals surface area contributed by atoms with E-state index in [-0.39, 0.29) is 29.9 Å². The third-order valence-corrected chi connectivity index (χ3v) is 5.16. The Morgan fingerprint density at radius 3 is 2.66 bits per heavy atom. The summed E-state index contributed by atoms with van der Waals surface area (Å²) < 4.78 is 72.0. The second-order valence-corrected chi connectivity index (χ2v) is 8.74. The first kappa shape index (κ1) is 23.3. The Bertz CT molecular complexity index is 814. The Hall–Kier alpha value is -2.01. The van der Waals surface area contributed by atoms with Crippen LogP contribution >= 0.6 is 0 Å². The van der Waals surface area contributed by atoms with Crippen LogP contribution in [-0.2, 0) is 21.2 Å². The number of nitrogens with zero attached hydrogens (tertiary/aromatic N) is 1. The molecule has 1 aromatic carbocycles. The van der Waals surface area contributed by atoms with Gasteiger partial charge in [0.1, 0.15) is 0 Å². The van der Waals surface area contributed by atoms with E-state index in [2.05, 4.69) is 4.72 Å². The van der Waals surface area contributed by atoms with Gasteiger partial charge in [-0.15, -0.1) is 0 Å². The van der Waals surface area contributed by atoms with E-state index in [4.69, 9.17) is 9.47 Å². The average molecular weight is 438 g/mol. The summed E-state index contributed by atoms with van der Waals surface area (Å²) in [4.78, 5) is 14.1. The van der Waals surface area contributed by atoms with Crippen molar-refractivity contribution in [2.75, 3.05) is 33.1 Å². The van der Waals surface area contributed by atoms with Crippen molar-refractivity contribution in [2.24, 2.45) is 0 Å². The first-order chi connectivity index (χ1) is 13.5. The fourth-order valence-electron chi connectivity index (χ4n) is 3.16. The molecule has 29 heavy (non-hydrogen) atoms. The minimum Gasteiger partial charge on any atom is -0.493 e. The molecule has 1 aliphatic heterocycles. The van der Waals surface area contributed by atoms with Crippen LogP contribution < -0.4 is 14.2 Å². The molecule has 0 spiro atoms. The Labute approximate surface area is 168 Å². The first-order valence-corrected chi connectivity index (χ1v) is 11.0. The highest BCUT2D eigenvalue weighted by Crippen LogP contribution is 2.30. The number of hydrogen-bond acceptors (Lipinski definition) is 5. The predicted octanol–water partition coefficient (Wildman–Crippen LogP) is 2.11. The van der Waals surface area contributed by atoms with Crippen molar-refractivity contribution in [3.05, 3.63) is 23.8 Å². The number of piperidine rings is 1. The molecule has 1 unspecified atom stereocenters. The summed E-state index contributed by atoms with van der Waals surface area (Å²) in [6.07, 6.45) is -1.42. The molecule has 1 fully saturated rings. The molecule has 0 bridgehead atoms. The summed E-state index contributed by atoms with van der Waals surface area (Å²) in [6.45, 7) is -0.535. The van der Waals surface area contributed by atoms with Crippen LogP contribution in [0.25, 0.3) is 0 Å². The van der Waals surface area contributed by atoms with Crippen LogP contribution in [0.3, 0.4) is 0 Å². The van der Waals surface area contributed by atoms with E-state index in [1.807, 2.05) is 0 Å². The molecular formula is C18H25F3N2O5S. The van der Waals surface area contributed by atoms with Gasteiger partial charge in [0.25, 0.3) is 0 Å². The van der Waals surface area contributed by atoms with E-state index in [9.17, 15) is 26.4 Å². The lowest BCUT2D eigenvalue weighted by molar-refractivity contribution is -0.153. The summed E-state index contributed by atoms with van der Waals surface area (Å²) in [5.74, 6) is 0.0292. The Balaban J connectivity index is 1.92. The van der Waals surface area contributed by atoms with Gasteiger partial charge in [-0.2, -0.15) is 13.2 Å². The Morgan fingerprint density at radius 1 is 1.31 bits per heavy atom. The number of amides is 1. The number of benzene rings is 1. The minimum absolute atomic E-state index is 0.0226. The van der Waals surface area contributed by atoms with Gasteiger partial charge in [-0.1, -0.05) is 6.07 Å². The van der Waals surface area contributed by atoms with Gasteiger partial charge in [0.15, 0.2) is 18.1 Å². The molecule has 1 heterocycles. The molecule has 1 N–H and O–H groups in total. The molecule has 0 saturated carbocycles. The van der Waals surface area contributed by atoms with Crippen LogP contribution in [-0.4, -0.2) is 64.5 Å². The number of alkyl halides is 3. The number of methoxy groups -OCH3 is 1. The molecule has 1 atom stereocenters. The second-order valence-electron chi connectivity index (χ2n) is 6.96. The van der Waals surface area contributed by atoms with Crippen LogP contribution in [0.2, 0.25) is 0 Å². The topological polar surface area (TPSA) is 84.9 Å². The molecule has 0 aromatic heterocycles. The molecule has 1 amide bonds. The third kappa shape index (κ3) is 8.09. The largest absolute Gasteiger partial charge is 0.493 e. The number of hydrogen-bond donors (Lipinski definition) is 1. The molecule has 0 aliphatic carbocycles. The van der Waals surface area contributed by atoms with Gasteiger partial charge in [0.2, 0.25) is 15.9 Å². The summed E-state index contributed by atoms with van der Waals surface area (Å²) in [7, 11) is -2.01. The van der Waals surface area contributed by atoms with Gasteiger partial charge in [-0.3, -0.25) is 4.79 Å². The van der Waals surface area contributed by atoms with Gasteiger partial charge in [0.05, 0.1) is 13.4 Å².